The second-order valence-electron chi connectivity index (χ2n) is 5.54. The molecule has 1 heterocycles. The second kappa shape index (κ2) is 4.97. The quantitative estimate of drug-likeness (QED) is 0.338. The number of hydrogen-bond donors (Lipinski definition) is 2. The number of benzene rings is 3. The molecule has 0 amide bonds. The normalized spacial score (nSPS) is 11.5. The summed E-state index contributed by atoms with van der Waals surface area (Å²) in [6, 6.07) is 18.5. The Morgan fingerprint density at radius 3 is 2.27 bits per heavy atom. The van der Waals surface area contributed by atoms with Crippen LogP contribution in [0.5, 0.6) is 0 Å². The molecule has 0 aliphatic carbocycles. The maximum absolute atomic E-state index is 9.37. The Morgan fingerprint density at radius 2 is 1.50 bits per heavy atom. The summed E-state index contributed by atoms with van der Waals surface area (Å²) < 4.78 is 2.11. The van der Waals surface area contributed by atoms with E-state index in [2.05, 4.69) is 41.1 Å². The van der Waals surface area contributed by atoms with Crippen molar-refractivity contribution in [2.45, 2.75) is 6.54 Å². The molecule has 0 fully saturated rings. The molecule has 3 aromatic carbocycles. The maximum atomic E-state index is 9.37. The predicted molar refractivity (Wildman–Crippen MR) is 90.7 cm³/mol. The number of aromatic nitrogens is 1. The summed E-state index contributed by atoms with van der Waals surface area (Å²) in [6.07, 6.45) is 2.12. The van der Waals surface area contributed by atoms with E-state index in [4.69, 9.17) is 5.73 Å². The first-order valence-electron chi connectivity index (χ1n) is 7.42. The molecule has 4 aromatic rings. The van der Waals surface area contributed by atoms with E-state index in [0.717, 1.165) is 38.1 Å². The number of nitrogens with two attached hydrogens (primary N) is 1. The van der Waals surface area contributed by atoms with Crippen LogP contribution < -0.4 is 10.3 Å². The summed E-state index contributed by atoms with van der Waals surface area (Å²) in [5.41, 5.74) is 8.17. The van der Waals surface area contributed by atoms with Crippen LogP contribution in [0.4, 0.5) is 5.69 Å². The number of fused-ring (bicyclic) bond motifs is 5. The van der Waals surface area contributed by atoms with Gasteiger partial charge in [-0.1, -0.05) is 36.4 Å². The number of aliphatic hydroxyl groups excluding tert-OH is 1. The van der Waals surface area contributed by atoms with Crippen LogP contribution in [0.15, 0.2) is 60.8 Å². The van der Waals surface area contributed by atoms with Gasteiger partial charge in [0.05, 0.1) is 10.8 Å². The van der Waals surface area contributed by atoms with Gasteiger partial charge in [-0.25, -0.2) is 0 Å². The fraction of sp³-hybridized carbons (Fsp3) is 0.105. The molecule has 0 saturated carbocycles. The van der Waals surface area contributed by atoms with E-state index in [1.165, 1.54) is 0 Å². The molecule has 4 rings (SSSR count). The fourth-order valence-corrected chi connectivity index (χ4v) is 3.26. The molecule has 0 bridgehead atoms. The number of nitrogen functional groups attached to an aromatic ring is 1. The summed E-state index contributed by atoms with van der Waals surface area (Å²) in [5, 5.41) is 15.1. The maximum Gasteiger partial charge on any atom is 0.213 e. The lowest BCUT2D eigenvalue weighted by molar-refractivity contribution is -0.671. The molecule has 0 aliphatic rings. The van der Waals surface area contributed by atoms with Gasteiger partial charge in [0.25, 0.3) is 0 Å². The zero-order chi connectivity index (χ0) is 15.1. The van der Waals surface area contributed by atoms with Gasteiger partial charge in [-0.2, -0.15) is 4.57 Å². The van der Waals surface area contributed by atoms with Crippen LogP contribution in [0.2, 0.25) is 0 Å². The van der Waals surface area contributed by atoms with Gasteiger partial charge in [0, 0.05) is 22.5 Å². The summed E-state index contributed by atoms with van der Waals surface area (Å²) in [7, 11) is 0. The average molecular weight is 289 g/mol. The number of rotatable bonds is 2. The van der Waals surface area contributed by atoms with Gasteiger partial charge in [-0.3, -0.25) is 0 Å². The van der Waals surface area contributed by atoms with Crippen LogP contribution in [0.25, 0.3) is 32.4 Å². The molecule has 1 aromatic heterocycles. The first-order valence-corrected chi connectivity index (χ1v) is 7.42. The number of anilines is 1. The van der Waals surface area contributed by atoms with E-state index < -0.39 is 0 Å². The molecule has 3 heteroatoms. The Balaban J connectivity index is 2.26. The van der Waals surface area contributed by atoms with E-state index in [0.29, 0.717) is 6.54 Å². The van der Waals surface area contributed by atoms with Crippen molar-refractivity contribution >= 4 is 38.1 Å². The minimum Gasteiger partial charge on any atom is -0.398 e. The molecule has 108 valence electrons. The van der Waals surface area contributed by atoms with E-state index in [1.807, 2.05) is 24.3 Å². The zero-order valence-corrected chi connectivity index (χ0v) is 12.2. The third-order valence-electron chi connectivity index (χ3n) is 4.25. The summed E-state index contributed by atoms with van der Waals surface area (Å²) in [6.45, 7) is 0.697. The molecule has 22 heavy (non-hydrogen) atoms. The van der Waals surface area contributed by atoms with Crippen LogP contribution in [-0.4, -0.2) is 11.7 Å². The van der Waals surface area contributed by atoms with Crippen LogP contribution in [0, 0.1) is 0 Å². The Labute approximate surface area is 128 Å². The van der Waals surface area contributed by atoms with Gasteiger partial charge < -0.3 is 10.8 Å². The standard InChI is InChI=1S/C19H16N2O/c20-18-11-16-15-7-3-4-8-19(15)21(9-10-22)12-17(16)13-5-1-2-6-14(13)18/h1-8,11-12,20,22H,9-10H2/p+1. The molecule has 0 atom stereocenters. The summed E-state index contributed by atoms with van der Waals surface area (Å²) in [5.74, 6) is 0. The van der Waals surface area contributed by atoms with Gasteiger partial charge in [-0.15, -0.1) is 0 Å². The van der Waals surface area contributed by atoms with Crippen molar-refractivity contribution in [2.75, 3.05) is 12.3 Å². The van der Waals surface area contributed by atoms with Gasteiger partial charge in [0.1, 0.15) is 6.61 Å². The number of hydrogen-bond acceptors (Lipinski definition) is 2. The monoisotopic (exact) mass is 289 g/mol. The lowest BCUT2D eigenvalue weighted by atomic mass is 9.98. The summed E-state index contributed by atoms with van der Waals surface area (Å²) in [4.78, 5) is 0. The van der Waals surface area contributed by atoms with Crippen LogP contribution >= 0.6 is 0 Å². The molecule has 0 radical (unpaired) electrons. The van der Waals surface area contributed by atoms with Crippen LogP contribution in [0.1, 0.15) is 0 Å². The second-order valence-corrected chi connectivity index (χ2v) is 5.54. The fourth-order valence-electron chi connectivity index (χ4n) is 3.26. The van der Waals surface area contributed by atoms with Gasteiger partial charge in [0.15, 0.2) is 12.7 Å². The molecule has 0 saturated heterocycles. The lowest BCUT2D eigenvalue weighted by Crippen LogP contribution is -2.36. The van der Waals surface area contributed by atoms with Gasteiger partial charge in [0.2, 0.25) is 5.52 Å². The molecule has 0 aliphatic heterocycles. The number of para-hydroxylation sites is 1. The van der Waals surface area contributed by atoms with Crippen LogP contribution in [-0.2, 0) is 6.54 Å². The highest BCUT2D eigenvalue weighted by Gasteiger charge is 2.15. The highest BCUT2D eigenvalue weighted by molar-refractivity contribution is 6.18. The van der Waals surface area contributed by atoms with Crippen molar-refractivity contribution in [3.63, 3.8) is 0 Å². The molecule has 0 unspecified atom stereocenters. The highest BCUT2D eigenvalue weighted by atomic mass is 16.3. The minimum absolute atomic E-state index is 0.118. The highest BCUT2D eigenvalue weighted by Crippen LogP contribution is 2.33. The predicted octanol–water partition coefficient (Wildman–Crippen LogP) is 3.01. The molecular weight excluding hydrogens is 272 g/mol. The SMILES string of the molecule is Nc1cc2c(c[n+](CCO)c3ccccc23)c2ccccc12. The van der Waals surface area contributed by atoms with Crippen molar-refractivity contribution in [1.82, 2.24) is 0 Å². The average Bonchev–Trinajstić information content (AvgIpc) is 2.56. The third-order valence-corrected chi connectivity index (χ3v) is 4.25. The Bertz CT molecular complexity index is 1010. The zero-order valence-electron chi connectivity index (χ0n) is 12.2. The first-order chi connectivity index (χ1) is 10.8. The molecular formula is C19H17N2O+. The Kier molecular flexibility index (Phi) is 2.94. The van der Waals surface area contributed by atoms with Crippen molar-refractivity contribution in [1.29, 1.82) is 0 Å². The number of nitrogens with zero attached hydrogens (tertiary/aromatic N) is 1. The lowest BCUT2D eigenvalue weighted by Gasteiger charge is -2.09. The van der Waals surface area contributed by atoms with Crippen LogP contribution in [0.3, 0.4) is 0 Å². The number of aliphatic hydroxyl groups is 1. The van der Waals surface area contributed by atoms with E-state index in [1.54, 1.807) is 0 Å². The largest absolute Gasteiger partial charge is 0.398 e. The van der Waals surface area contributed by atoms with Crippen molar-refractivity contribution in [3.05, 3.63) is 60.8 Å². The van der Waals surface area contributed by atoms with Gasteiger partial charge >= 0.3 is 0 Å². The number of pyridine rings is 1. The van der Waals surface area contributed by atoms with E-state index in [-0.39, 0.29) is 6.61 Å². The molecule has 3 N–H and O–H groups in total. The summed E-state index contributed by atoms with van der Waals surface area (Å²) >= 11 is 0. The van der Waals surface area contributed by atoms with E-state index in [9.17, 15) is 5.11 Å². The van der Waals surface area contributed by atoms with Crippen molar-refractivity contribution < 1.29 is 9.67 Å². The van der Waals surface area contributed by atoms with E-state index >= 15 is 0 Å². The Morgan fingerprint density at radius 1 is 0.818 bits per heavy atom. The topological polar surface area (TPSA) is 50.1 Å². The smallest absolute Gasteiger partial charge is 0.213 e. The van der Waals surface area contributed by atoms with Gasteiger partial charge in [-0.05, 0) is 17.5 Å². The van der Waals surface area contributed by atoms with Crippen molar-refractivity contribution in [2.24, 2.45) is 0 Å². The Hall–Kier alpha value is -2.65. The van der Waals surface area contributed by atoms with Crippen molar-refractivity contribution in [3.8, 4) is 0 Å². The molecule has 3 nitrogen and oxygen atoms in total. The third kappa shape index (κ3) is 1.83. The minimum atomic E-state index is 0.118. The first kappa shape index (κ1) is 13.0. The molecule has 0 spiro atoms.